The topological polar surface area (TPSA) is 82.9 Å². The first kappa shape index (κ1) is 17.3. The van der Waals surface area contributed by atoms with Crippen molar-refractivity contribution in [3.63, 3.8) is 0 Å². The van der Waals surface area contributed by atoms with E-state index in [9.17, 15) is 14.4 Å². The zero-order valence-electron chi connectivity index (χ0n) is 12.6. The van der Waals surface area contributed by atoms with Crippen molar-refractivity contribution in [3.8, 4) is 0 Å². The van der Waals surface area contributed by atoms with Crippen LogP contribution in [0.15, 0.2) is 12.3 Å². The number of aliphatic hydroxyl groups excluding tert-OH is 1. The molecule has 0 bridgehead atoms. The van der Waals surface area contributed by atoms with Crippen molar-refractivity contribution in [3.05, 3.63) is 29.3 Å². The molecule has 1 unspecified atom stereocenters. The number of pyridine rings is 1. The van der Waals surface area contributed by atoms with Gasteiger partial charge in [-0.15, -0.1) is 0 Å². The normalized spacial score (nSPS) is 12.9. The number of ether oxygens (including phenoxy) is 1. The van der Waals surface area contributed by atoms with E-state index >= 15 is 0 Å². The van der Waals surface area contributed by atoms with E-state index in [4.69, 9.17) is 9.84 Å². The molecule has 0 aromatic carbocycles. The Bertz CT molecular complexity index is 502. The van der Waals surface area contributed by atoms with Gasteiger partial charge in [0, 0.05) is 17.9 Å². The molecule has 1 aromatic heterocycles. The van der Waals surface area contributed by atoms with Crippen LogP contribution >= 0.6 is 0 Å². The molecule has 0 radical (unpaired) electrons. The number of amides is 1. The molecule has 0 aliphatic carbocycles. The maximum Gasteiger partial charge on any atom is 0.434 e. The Morgan fingerprint density at radius 2 is 2.14 bits per heavy atom. The van der Waals surface area contributed by atoms with Gasteiger partial charge in [0.05, 0.1) is 12.2 Å². The monoisotopic (exact) mass is 300 g/mol. The Balaban J connectivity index is 3.05. The summed E-state index contributed by atoms with van der Waals surface area (Å²) in [6, 6.07) is 0.240. The van der Waals surface area contributed by atoms with Crippen LogP contribution in [0.3, 0.4) is 0 Å². The van der Waals surface area contributed by atoms with Gasteiger partial charge in [-0.25, -0.2) is 9.18 Å². The van der Waals surface area contributed by atoms with E-state index in [1.165, 1.54) is 6.07 Å². The molecule has 2 N–H and O–H groups in total. The number of halogens is 1. The molecule has 0 fully saturated rings. The zero-order chi connectivity index (χ0) is 16.2. The zero-order valence-corrected chi connectivity index (χ0v) is 12.6. The highest BCUT2D eigenvalue weighted by Gasteiger charge is 2.29. The molecule has 0 saturated carbocycles. The van der Waals surface area contributed by atoms with Gasteiger partial charge >= 0.3 is 6.09 Å². The van der Waals surface area contributed by atoms with Gasteiger partial charge in [-0.1, -0.05) is 0 Å². The lowest BCUT2D eigenvalue weighted by atomic mass is 10.0. The van der Waals surface area contributed by atoms with Crippen LogP contribution in [0.4, 0.5) is 9.18 Å². The van der Waals surface area contributed by atoms with Crippen molar-refractivity contribution in [2.45, 2.75) is 45.8 Å². The van der Waals surface area contributed by atoms with Crippen LogP contribution in [-0.4, -0.2) is 38.7 Å². The number of hydrogen-bond acceptors (Lipinski definition) is 5. The Morgan fingerprint density at radius 3 is 2.67 bits per heavy atom. The summed E-state index contributed by atoms with van der Waals surface area (Å²) in [5.74, 6) is -0.587. The highest BCUT2D eigenvalue weighted by Crippen LogP contribution is 2.27. The van der Waals surface area contributed by atoms with Gasteiger partial charge in [0.15, 0.2) is 0 Å². The van der Waals surface area contributed by atoms with Gasteiger partial charge in [0.25, 0.3) is 0 Å². The SMILES string of the molecule is Cc1ncc(F)cc1C(CCO)N(O)C(=O)OC(C)(C)C. The summed E-state index contributed by atoms with van der Waals surface area (Å²) >= 11 is 0. The Hall–Kier alpha value is -1.73. The fraction of sp³-hybridized carbons (Fsp3) is 0.571. The lowest BCUT2D eigenvalue weighted by Gasteiger charge is -2.29. The quantitative estimate of drug-likeness (QED) is 0.659. The molecule has 118 valence electrons. The smallest absolute Gasteiger partial charge is 0.434 e. The molecule has 6 nitrogen and oxygen atoms in total. The van der Waals surface area contributed by atoms with Crippen molar-refractivity contribution >= 4 is 6.09 Å². The van der Waals surface area contributed by atoms with E-state index in [0.29, 0.717) is 16.3 Å². The van der Waals surface area contributed by atoms with E-state index in [1.54, 1.807) is 27.7 Å². The Kier molecular flexibility index (Phi) is 5.62. The Morgan fingerprint density at radius 1 is 1.52 bits per heavy atom. The second kappa shape index (κ2) is 6.82. The number of nitrogens with zero attached hydrogens (tertiary/aromatic N) is 2. The van der Waals surface area contributed by atoms with E-state index in [2.05, 4.69) is 4.98 Å². The fourth-order valence-electron chi connectivity index (χ4n) is 1.83. The molecular formula is C14H21FN2O4. The second-order valence-electron chi connectivity index (χ2n) is 5.68. The number of hydroxylamine groups is 2. The van der Waals surface area contributed by atoms with E-state index in [0.717, 1.165) is 6.20 Å². The molecule has 1 heterocycles. The van der Waals surface area contributed by atoms with Crippen molar-refractivity contribution < 1.29 is 24.2 Å². The van der Waals surface area contributed by atoms with E-state index < -0.39 is 23.6 Å². The minimum atomic E-state index is -0.968. The summed E-state index contributed by atoms with van der Waals surface area (Å²) in [5.41, 5.74) is -0.00767. The number of rotatable bonds is 4. The van der Waals surface area contributed by atoms with E-state index in [-0.39, 0.29) is 13.0 Å². The molecule has 0 aliphatic heterocycles. The molecule has 0 saturated heterocycles. The fourth-order valence-corrected chi connectivity index (χ4v) is 1.83. The van der Waals surface area contributed by atoms with Gasteiger partial charge in [-0.05, 0) is 40.2 Å². The highest BCUT2D eigenvalue weighted by atomic mass is 19.1. The maximum absolute atomic E-state index is 13.3. The molecule has 1 rings (SSSR count). The molecule has 21 heavy (non-hydrogen) atoms. The van der Waals surface area contributed by atoms with Crippen LogP contribution in [0, 0.1) is 12.7 Å². The average molecular weight is 300 g/mol. The first-order valence-corrected chi connectivity index (χ1v) is 6.59. The van der Waals surface area contributed by atoms with Gasteiger partial charge in [-0.3, -0.25) is 10.2 Å². The summed E-state index contributed by atoms with van der Waals surface area (Å²) < 4.78 is 18.4. The predicted octanol–water partition coefficient (Wildman–Crippen LogP) is 2.58. The number of hydrogen-bond donors (Lipinski definition) is 2. The number of aromatic nitrogens is 1. The van der Waals surface area contributed by atoms with Gasteiger partial charge in [0.2, 0.25) is 0 Å². The van der Waals surface area contributed by atoms with Gasteiger partial charge in [-0.2, -0.15) is 5.06 Å². The molecule has 1 amide bonds. The first-order chi connectivity index (χ1) is 9.65. The summed E-state index contributed by atoms with van der Waals surface area (Å²) in [6.07, 6.45) is 0.107. The number of aryl methyl sites for hydroxylation is 1. The molecule has 7 heteroatoms. The molecular weight excluding hydrogens is 279 g/mol. The van der Waals surface area contributed by atoms with Crippen LogP contribution in [-0.2, 0) is 4.74 Å². The van der Waals surface area contributed by atoms with Gasteiger partial charge in [0.1, 0.15) is 11.4 Å². The summed E-state index contributed by atoms with van der Waals surface area (Å²) in [6.45, 7) is 6.32. The lowest BCUT2D eigenvalue weighted by Crippen LogP contribution is -2.37. The second-order valence-corrected chi connectivity index (χ2v) is 5.68. The molecule has 0 aliphatic rings. The lowest BCUT2D eigenvalue weighted by molar-refractivity contribution is -0.125. The van der Waals surface area contributed by atoms with E-state index in [1.807, 2.05) is 0 Å². The summed E-state index contributed by atoms with van der Waals surface area (Å²) in [4.78, 5) is 15.8. The number of aliphatic hydroxyl groups is 1. The molecule has 1 atom stereocenters. The maximum atomic E-state index is 13.3. The van der Waals surface area contributed by atoms with Crippen LogP contribution in [0.1, 0.15) is 44.5 Å². The minimum Gasteiger partial charge on any atom is -0.442 e. The summed E-state index contributed by atoms with van der Waals surface area (Å²) in [7, 11) is 0. The minimum absolute atomic E-state index is 0.0295. The third-order valence-corrected chi connectivity index (χ3v) is 2.73. The summed E-state index contributed by atoms with van der Waals surface area (Å²) in [5, 5.41) is 19.5. The van der Waals surface area contributed by atoms with Crippen LogP contribution in [0.25, 0.3) is 0 Å². The van der Waals surface area contributed by atoms with Crippen molar-refractivity contribution in [2.24, 2.45) is 0 Å². The van der Waals surface area contributed by atoms with Crippen molar-refractivity contribution in [1.82, 2.24) is 10.0 Å². The standard InChI is InChI=1S/C14H21FN2O4/c1-9-11(7-10(15)8-16-9)12(5-6-18)17(20)13(19)21-14(2,3)4/h7-8,12,18,20H,5-6H2,1-4H3. The van der Waals surface area contributed by atoms with Crippen molar-refractivity contribution in [1.29, 1.82) is 0 Å². The average Bonchev–Trinajstić information content (AvgIpc) is 2.36. The van der Waals surface area contributed by atoms with Gasteiger partial charge < -0.3 is 9.84 Å². The number of carbonyl (C=O) groups excluding carboxylic acids is 1. The predicted molar refractivity (Wildman–Crippen MR) is 73.2 cm³/mol. The van der Waals surface area contributed by atoms with Crippen LogP contribution < -0.4 is 0 Å². The largest absolute Gasteiger partial charge is 0.442 e. The van der Waals surface area contributed by atoms with Crippen LogP contribution in [0.5, 0.6) is 0 Å². The highest BCUT2D eigenvalue weighted by molar-refractivity contribution is 5.67. The molecule has 0 spiro atoms. The van der Waals surface area contributed by atoms with Crippen molar-refractivity contribution in [2.75, 3.05) is 6.61 Å². The third-order valence-electron chi connectivity index (χ3n) is 2.73. The Labute approximate surface area is 123 Å². The molecule has 1 aromatic rings. The number of carbonyl (C=O) groups is 1. The first-order valence-electron chi connectivity index (χ1n) is 6.59. The van der Waals surface area contributed by atoms with Crippen LogP contribution in [0.2, 0.25) is 0 Å². The third kappa shape index (κ3) is 4.95.